The van der Waals surface area contributed by atoms with E-state index in [1.807, 2.05) is 51.1 Å². The summed E-state index contributed by atoms with van der Waals surface area (Å²) in [7, 11) is 0. The number of benzene rings is 2. The maximum atomic E-state index is 8.90. The molecule has 21 heavy (non-hydrogen) atoms. The molecule has 0 spiro atoms. The second kappa shape index (κ2) is 6.18. The van der Waals surface area contributed by atoms with E-state index in [1.165, 1.54) is 0 Å². The second-order valence-corrected chi connectivity index (χ2v) is 5.75. The smallest absolute Gasteiger partial charge is 0.173 e. The van der Waals surface area contributed by atoms with Crippen LogP contribution in [0.15, 0.2) is 40.0 Å². The highest BCUT2D eigenvalue weighted by Gasteiger charge is 2.11. The van der Waals surface area contributed by atoms with Gasteiger partial charge in [0.25, 0.3) is 0 Å². The second-order valence-electron chi connectivity index (χ2n) is 4.96. The molecule has 2 aromatic rings. The van der Waals surface area contributed by atoms with Gasteiger partial charge >= 0.3 is 0 Å². The first-order valence-corrected chi connectivity index (χ1v) is 7.25. The van der Waals surface area contributed by atoms with Gasteiger partial charge in [0.2, 0.25) is 0 Å². The molecule has 0 aliphatic heterocycles. The lowest BCUT2D eigenvalue weighted by Gasteiger charge is -2.13. The number of nitrogens with zero attached hydrogens (tertiary/aromatic N) is 1. The third kappa shape index (κ3) is 3.36. The molecular weight excluding hydrogens is 332 g/mol. The number of nitrogens with two attached hydrogens (primary N) is 1. The molecule has 5 heteroatoms. The quantitative estimate of drug-likeness (QED) is 0.377. The Morgan fingerprint density at radius 2 is 1.76 bits per heavy atom. The lowest BCUT2D eigenvalue weighted by atomic mass is 10.1. The normalized spacial score (nSPS) is 11.5. The Balaban J connectivity index is 2.45. The number of aryl methyl sites for hydroxylation is 3. The number of halogens is 1. The van der Waals surface area contributed by atoms with Gasteiger partial charge in [-0.1, -0.05) is 32.7 Å². The molecule has 0 amide bonds. The molecule has 0 heterocycles. The Hall–Kier alpha value is -2.01. The van der Waals surface area contributed by atoms with E-state index in [0.717, 1.165) is 21.2 Å². The van der Waals surface area contributed by atoms with Crippen LogP contribution < -0.4 is 10.5 Å². The zero-order valence-corrected chi connectivity index (χ0v) is 13.7. The number of rotatable bonds is 3. The summed E-state index contributed by atoms with van der Waals surface area (Å²) in [5.41, 5.74) is 9.46. The minimum atomic E-state index is 0.0271. The molecule has 0 unspecified atom stereocenters. The van der Waals surface area contributed by atoms with Crippen molar-refractivity contribution in [3.05, 3.63) is 57.1 Å². The Kier molecular flexibility index (Phi) is 4.53. The Bertz CT molecular complexity index is 688. The molecule has 0 bridgehead atoms. The highest BCUT2D eigenvalue weighted by Crippen LogP contribution is 2.31. The molecule has 0 aromatic heterocycles. The summed E-state index contributed by atoms with van der Waals surface area (Å²) in [4.78, 5) is 0. The third-order valence-electron chi connectivity index (χ3n) is 3.16. The van der Waals surface area contributed by atoms with Gasteiger partial charge in [-0.2, -0.15) is 0 Å². The average molecular weight is 349 g/mol. The van der Waals surface area contributed by atoms with Crippen LogP contribution in [-0.2, 0) is 0 Å². The molecule has 3 N–H and O–H groups in total. The van der Waals surface area contributed by atoms with E-state index < -0.39 is 0 Å². The van der Waals surface area contributed by atoms with Gasteiger partial charge in [0.1, 0.15) is 11.5 Å². The average Bonchev–Trinajstić information content (AvgIpc) is 2.45. The van der Waals surface area contributed by atoms with Crippen molar-refractivity contribution in [3.8, 4) is 11.5 Å². The molecular formula is C16H17BrN2O2. The van der Waals surface area contributed by atoms with Crippen LogP contribution >= 0.6 is 15.9 Å². The highest BCUT2D eigenvalue weighted by molar-refractivity contribution is 9.10. The van der Waals surface area contributed by atoms with Crippen molar-refractivity contribution in [1.82, 2.24) is 0 Å². The Labute approximate surface area is 132 Å². The predicted molar refractivity (Wildman–Crippen MR) is 87.4 cm³/mol. The fraction of sp³-hybridized carbons (Fsp3) is 0.188. The van der Waals surface area contributed by atoms with Crippen LogP contribution in [0.1, 0.15) is 22.3 Å². The highest BCUT2D eigenvalue weighted by atomic mass is 79.9. The van der Waals surface area contributed by atoms with Gasteiger partial charge < -0.3 is 15.7 Å². The van der Waals surface area contributed by atoms with E-state index in [-0.39, 0.29) is 5.84 Å². The summed E-state index contributed by atoms with van der Waals surface area (Å²) in [5, 5.41) is 12.0. The van der Waals surface area contributed by atoms with Gasteiger partial charge in [0, 0.05) is 4.47 Å². The van der Waals surface area contributed by atoms with Crippen molar-refractivity contribution >= 4 is 21.8 Å². The van der Waals surface area contributed by atoms with Crippen molar-refractivity contribution in [3.63, 3.8) is 0 Å². The maximum absolute atomic E-state index is 8.90. The van der Waals surface area contributed by atoms with E-state index in [9.17, 15) is 0 Å². The van der Waals surface area contributed by atoms with E-state index in [2.05, 4.69) is 21.1 Å². The van der Waals surface area contributed by atoms with Crippen LogP contribution in [0.2, 0.25) is 0 Å². The number of amidine groups is 1. The monoisotopic (exact) mass is 348 g/mol. The van der Waals surface area contributed by atoms with Gasteiger partial charge in [-0.3, -0.25) is 0 Å². The fourth-order valence-corrected chi connectivity index (χ4v) is 2.31. The van der Waals surface area contributed by atoms with Crippen LogP contribution in [0, 0.1) is 20.8 Å². The molecule has 0 aliphatic rings. The van der Waals surface area contributed by atoms with Gasteiger partial charge in [-0.15, -0.1) is 0 Å². The van der Waals surface area contributed by atoms with Crippen LogP contribution in [0.25, 0.3) is 0 Å². The molecule has 0 atom stereocenters. The molecule has 2 aromatic carbocycles. The molecule has 0 radical (unpaired) electrons. The first kappa shape index (κ1) is 15.4. The minimum Gasteiger partial charge on any atom is -0.457 e. The topological polar surface area (TPSA) is 67.8 Å². The summed E-state index contributed by atoms with van der Waals surface area (Å²) in [6.07, 6.45) is 0. The first-order valence-electron chi connectivity index (χ1n) is 6.45. The number of hydrogen-bond acceptors (Lipinski definition) is 3. The number of hydrogen-bond donors (Lipinski definition) is 2. The Morgan fingerprint density at radius 3 is 2.33 bits per heavy atom. The SMILES string of the molecule is Cc1ccc(Oc2cc(C)c(Br)c(C)c2)c(/C(N)=N/O)c1. The van der Waals surface area contributed by atoms with Crippen molar-refractivity contribution in [2.24, 2.45) is 10.9 Å². The molecule has 2 rings (SSSR count). The lowest BCUT2D eigenvalue weighted by molar-refractivity contribution is 0.318. The third-order valence-corrected chi connectivity index (χ3v) is 4.41. The van der Waals surface area contributed by atoms with Crippen LogP contribution in [0.4, 0.5) is 0 Å². The molecule has 0 aliphatic carbocycles. The predicted octanol–water partition coefficient (Wildman–Crippen LogP) is 4.26. The minimum absolute atomic E-state index is 0.0271. The van der Waals surface area contributed by atoms with Crippen LogP contribution in [0.3, 0.4) is 0 Å². The lowest BCUT2D eigenvalue weighted by Crippen LogP contribution is -2.14. The van der Waals surface area contributed by atoms with Gasteiger partial charge in [0.05, 0.1) is 5.56 Å². The molecule has 0 fully saturated rings. The largest absolute Gasteiger partial charge is 0.457 e. The summed E-state index contributed by atoms with van der Waals surface area (Å²) in [5.74, 6) is 1.29. The standard InChI is InChI=1S/C16H17BrN2O2/c1-9-4-5-14(13(6-9)16(18)19-20)21-12-7-10(2)15(17)11(3)8-12/h4-8,20H,1-3H3,(H2,18,19). The van der Waals surface area contributed by atoms with Crippen molar-refractivity contribution in [1.29, 1.82) is 0 Å². The van der Waals surface area contributed by atoms with Crippen molar-refractivity contribution in [2.75, 3.05) is 0 Å². The molecule has 0 saturated carbocycles. The van der Waals surface area contributed by atoms with Gasteiger partial charge in [-0.25, -0.2) is 0 Å². The van der Waals surface area contributed by atoms with Gasteiger partial charge in [-0.05, 0) is 56.2 Å². The fourth-order valence-electron chi connectivity index (χ4n) is 2.08. The van der Waals surface area contributed by atoms with Crippen LogP contribution in [0.5, 0.6) is 11.5 Å². The van der Waals surface area contributed by atoms with Crippen molar-refractivity contribution in [2.45, 2.75) is 20.8 Å². The van der Waals surface area contributed by atoms with E-state index >= 15 is 0 Å². The summed E-state index contributed by atoms with van der Waals surface area (Å²) >= 11 is 3.53. The van der Waals surface area contributed by atoms with Crippen molar-refractivity contribution < 1.29 is 9.94 Å². The first-order chi connectivity index (χ1) is 9.92. The molecule has 110 valence electrons. The van der Waals surface area contributed by atoms with Crippen LogP contribution in [-0.4, -0.2) is 11.0 Å². The number of oxime groups is 1. The van der Waals surface area contributed by atoms with E-state index in [4.69, 9.17) is 15.7 Å². The summed E-state index contributed by atoms with van der Waals surface area (Å²) in [6.45, 7) is 5.94. The van der Waals surface area contributed by atoms with E-state index in [0.29, 0.717) is 17.1 Å². The van der Waals surface area contributed by atoms with E-state index in [1.54, 1.807) is 0 Å². The zero-order chi connectivity index (χ0) is 15.6. The summed E-state index contributed by atoms with van der Waals surface area (Å²) in [6, 6.07) is 9.43. The number of ether oxygens (including phenoxy) is 1. The maximum Gasteiger partial charge on any atom is 0.173 e. The molecule has 0 saturated heterocycles. The molecule has 4 nitrogen and oxygen atoms in total. The zero-order valence-electron chi connectivity index (χ0n) is 12.1. The Morgan fingerprint density at radius 1 is 1.14 bits per heavy atom. The van der Waals surface area contributed by atoms with Gasteiger partial charge in [0.15, 0.2) is 5.84 Å². The summed E-state index contributed by atoms with van der Waals surface area (Å²) < 4.78 is 6.98.